The molecule has 1 heterocycles. The van der Waals surface area contributed by atoms with E-state index in [1.54, 1.807) is 12.1 Å². The highest BCUT2D eigenvalue weighted by Gasteiger charge is 2.38. The number of anilines is 1. The SMILES string of the molecule is CC(C)c1ccccc1NC(=O)c1cc(S(=O)(=O)[C@@H]2CCS(=O)(=O)C2)ccc1F. The summed E-state index contributed by atoms with van der Waals surface area (Å²) in [7, 11) is -7.41. The van der Waals surface area contributed by atoms with Gasteiger partial charge in [-0.05, 0) is 42.2 Å². The summed E-state index contributed by atoms with van der Waals surface area (Å²) in [5.41, 5.74) is 0.966. The second-order valence-corrected chi connectivity index (χ2v) is 11.9. The van der Waals surface area contributed by atoms with Gasteiger partial charge in [-0.15, -0.1) is 0 Å². The van der Waals surface area contributed by atoms with E-state index in [1.807, 2.05) is 26.0 Å². The van der Waals surface area contributed by atoms with Gasteiger partial charge in [0.25, 0.3) is 5.91 Å². The number of benzene rings is 2. The Morgan fingerprint density at radius 3 is 2.48 bits per heavy atom. The maximum atomic E-state index is 14.3. The van der Waals surface area contributed by atoms with Gasteiger partial charge in [0.15, 0.2) is 19.7 Å². The molecule has 1 N–H and O–H groups in total. The number of hydrogen-bond acceptors (Lipinski definition) is 5. The first-order valence-electron chi connectivity index (χ1n) is 9.15. The number of sulfone groups is 2. The molecular formula is C20H22FNO5S2. The maximum Gasteiger partial charge on any atom is 0.258 e. The van der Waals surface area contributed by atoms with Gasteiger partial charge in [-0.1, -0.05) is 32.0 Å². The molecule has 2 aromatic rings. The Kier molecular flexibility index (Phi) is 5.82. The predicted octanol–water partition coefficient (Wildman–Crippen LogP) is 3.16. The van der Waals surface area contributed by atoms with Crippen molar-refractivity contribution in [2.24, 2.45) is 0 Å². The highest BCUT2D eigenvalue weighted by molar-refractivity contribution is 7.96. The van der Waals surface area contributed by atoms with E-state index in [0.29, 0.717) is 5.69 Å². The summed E-state index contributed by atoms with van der Waals surface area (Å²) in [6, 6.07) is 10.1. The van der Waals surface area contributed by atoms with E-state index in [0.717, 1.165) is 23.8 Å². The largest absolute Gasteiger partial charge is 0.322 e. The number of carbonyl (C=O) groups excluding carboxylic acids is 1. The third kappa shape index (κ3) is 4.51. The lowest BCUT2D eigenvalue weighted by Crippen LogP contribution is -2.23. The molecule has 0 unspecified atom stereocenters. The van der Waals surface area contributed by atoms with E-state index in [1.165, 1.54) is 0 Å². The van der Waals surface area contributed by atoms with Gasteiger partial charge in [0.05, 0.1) is 27.2 Å². The summed E-state index contributed by atoms with van der Waals surface area (Å²) >= 11 is 0. The lowest BCUT2D eigenvalue weighted by Gasteiger charge is -2.15. The Hall–Kier alpha value is -2.26. The van der Waals surface area contributed by atoms with Gasteiger partial charge in [-0.2, -0.15) is 0 Å². The third-order valence-electron chi connectivity index (χ3n) is 4.97. The highest BCUT2D eigenvalue weighted by Crippen LogP contribution is 2.28. The third-order valence-corrected chi connectivity index (χ3v) is 9.14. The topological polar surface area (TPSA) is 97.4 Å². The minimum absolute atomic E-state index is 0.00859. The molecule has 0 aliphatic carbocycles. The standard InChI is InChI=1S/C20H22FNO5S2/c1-13(2)16-5-3-4-6-19(16)22-20(23)17-11-14(7-8-18(17)21)29(26,27)15-9-10-28(24,25)12-15/h3-8,11,13,15H,9-10,12H2,1-2H3,(H,22,23)/t15-/m1/s1. The molecule has 0 radical (unpaired) electrons. The molecular weight excluding hydrogens is 417 g/mol. The van der Waals surface area contributed by atoms with Gasteiger partial charge in [0, 0.05) is 5.69 Å². The molecule has 0 spiro atoms. The summed E-state index contributed by atoms with van der Waals surface area (Å²) in [6.45, 7) is 3.91. The molecule has 0 bridgehead atoms. The van der Waals surface area contributed by atoms with Crippen molar-refractivity contribution in [2.75, 3.05) is 16.8 Å². The van der Waals surface area contributed by atoms with Gasteiger partial charge >= 0.3 is 0 Å². The second kappa shape index (κ2) is 7.87. The molecule has 0 aromatic heterocycles. The lowest BCUT2D eigenvalue weighted by molar-refractivity contribution is 0.102. The first-order chi connectivity index (χ1) is 13.5. The van der Waals surface area contributed by atoms with Gasteiger partial charge in [-0.25, -0.2) is 21.2 Å². The Labute approximate surface area is 170 Å². The maximum absolute atomic E-state index is 14.3. The van der Waals surface area contributed by atoms with E-state index >= 15 is 0 Å². The summed E-state index contributed by atoms with van der Waals surface area (Å²) in [5, 5.41) is 1.55. The summed E-state index contributed by atoms with van der Waals surface area (Å²) in [4.78, 5) is 12.4. The molecule has 3 rings (SSSR count). The zero-order valence-electron chi connectivity index (χ0n) is 16.1. The monoisotopic (exact) mass is 439 g/mol. The van der Waals surface area contributed by atoms with Crippen molar-refractivity contribution < 1.29 is 26.0 Å². The molecule has 6 nitrogen and oxygen atoms in total. The first-order valence-corrected chi connectivity index (χ1v) is 12.5. The van der Waals surface area contributed by atoms with Crippen molar-refractivity contribution in [3.8, 4) is 0 Å². The number of halogens is 1. The second-order valence-electron chi connectivity index (χ2n) is 7.41. The summed E-state index contributed by atoms with van der Waals surface area (Å²) in [5.74, 6) is -2.17. The van der Waals surface area contributed by atoms with Crippen LogP contribution in [0.15, 0.2) is 47.4 Å². The molecule has 1 aliphatic heterocycles. The van der Waals surface area contributed by atoms with Gasteiger partial charge in [0.1, 0.15) is 5.82 Å². The fourth-order valence-electron chi connectivity index (χ4n) is 3.36. The van der Waals surface area contributed by atoms with Crippen molar-refractivity contribution in [3.05, 3.63) is 59.4 Å². The van der Waals surface area contributed by atoms with E-state index in [4.69, 9.17) is 0 Å². The zero-order chi connectivity index (χ0) is 21.4. The van der Waals surface area contributed by atoms with Crippen LogP contribution < -0.4 is 5.32 Å². The van der Waals surface area contributed by atoms with Crippen LogP contribution in [-0.2, 0) is 19.7 Å². The van der Waals surface area contributed by atoms with Crippen molar-refractivity contribution in [1.82, 2.24) is 0 Å². The van der Waals surface area contributed by atoms with Crippen LogP contribution >= 0.6 is 0 Å². The van der Waals surface area contributed by atoms with Crippen LogP contribution in [0.4, 0.5) is 10.1 Å². The Balaban J connectivity index is 1.93. The molecule has 1 atom stereocenters. The predicted molar refractivity (Wildman–Crippen MR) is 109 cm³/mol. The molecule has 29 heavy (non-hydrogen) atoms. The minimum Gasteiger partial charge on any atom is -0.322 e. The van der Waals surface area contributed by atoms with Crippen LogP contribution in [0, 0.1) is 5.82 Å². The minimum atomic E-state index is -4.00. The number of para-hydroxylation sites is 1. The van der Waals surface area contributed by atoms with E-state index in [9.17, 15) is 26.0 Å². The number of carbonyl (C=O) groups is 1. The smallest absolute Gasteiger partial charge is 0.258 e. The van der Waals surface area contributed by atoms with E-state index < -0.39 is 48.0 Å². The van der Waals surface area contributed by atoms with E-state index in [2.05, 4.69) is 5.32 Å². The van der Waals surface area contributed by atoms with E-state index in [-0.39, 0.29) is 23.0 Å². The molecule has 9 heteroatoms. The molecule has 1 fully saturated rings. The van der Waals surface area contributed by atoms with Gasteiger partial charge in [-0.3, -0.25) is 4.79 Å². The van der Waals surface area contributed by atoms with Crippen molar-refractivity contribution in [3.63, 3.8) is 0 Å². The van der Waals surface area contributed by atoms with Crippen molar-refractivity contribution in [2.45, 2.75) is 36.3 Å². The molecule has 1 saturated heterocycles. The van der Waals surface area contributed by atoms with Crippen LogP contribution in [0.25, 0.3) is 0 Å². The number of nitrogens with one attached hydrogen (secondary N) is 1. The normalized spacial score (nSPS) is 18.7. The quantitative estimate of drug-likeness (QED) is 0.722. The van der Waals surface area contributed by atoms with Crippen LogP contribution in [0.5, 0.6) is 0 Å². The molecule has 2 aromatic carbocycles. The fourth-order valence-corrected chi connectivity index (χ4v) is 7.74. The number of hydrogen-bond donors (Lipinski definition) is 1. The van der Waals surface area contributed by atoms with Gasteiger partial charge < -0.3 is 5.32 Å². The Morgan fingerprint density at radius 2 is 1.86 bits per heavy atom. The highest BCUT2D eigenvalue weighted by atomic mass is 32.2. The average Bonchev–Trinajstić information content (AvgIpc) is 3.02. The van der Waals surface area contributed by atoms with Crippen LogP contribution in [0.2, 0.25) is 0 Å². The van der Waals surface area contributed by atoms with Gasteiger partial charge in [0.2, 0.25) is 0 Å². The van der Waals surface area contributed by atoms with Crippen LogP contribution in [-0.4, -0.2) is 39.5 Å². The van der Waals surface area contributed by atoms with Crippen LogP contribution in [0.3, 0.4) is 0 Å². The van der Waals surface area contributed by atoms with Crippen molar-refractivity contribution >= 4 is 31.3 Å². The number of amides is 1. The molecule has 1 aliphatic rings. The number of rotatable bonds is 5. The zero-order valence-corrected chi connectivity index (χ0v) is 17.7. The average molecular weight is 440 g/mol. The Bertz CT molecular complexity index is 1160. The Morgan fingerprint density at radius 1 is 1.17 bits per heavy atom. The first kappa shape index (κ1) is 21.4. The summed E-state index contributed by atoms with van der Waals surface area (Å²) < 4.78 is 63.2. The van der Waals surface area contributed by atoms with Crippen molar-refractivity contribution in [1.29, 1.82) is 0 Å². The molecule has 1 amide bonds. The summed E-state index contributed by atoms with van der Waals surface area (Å²) in [6.07, 6.45) is -0.00859. The fraction of sp³-hybridized carbons (Fsp3) is 0.350. The van der Waals surface area contributed by atoms with Crippen LogP contribution in [0.1, 0.15) is 42.1 Å². The molecule has 0 saturated carbocycles. The molecule has 156 valence electrons. The lowest BCUT2D eigenvalue weighted by atomic mass is 10.0.